The first-order valence-corrected chi connectivity index (χ1v) is 11.6. The summed E-state index contributed by atoms with van der Waals surface area (Å²) in [5.74, 6) is 1.94. The summed E-state index contributed by atoms with van der Waals surface area (Å²) in [6.07, 6.45) is 1.65. The Morgan fingerprint density at radius 3 is 2.61 bits per heavy atom. The van der Waals surface area contributed by atoms with Crippen LogP contribution in [0.3, 0.4) is 0 Å². The number of fused-ring (bicyclic) bond motifs is 1. The van der Waals surface area contributed by atoms with Gasteiger partial charge in [0.15, 0.2) is 0 Å². The molecule has 0 radical (unpaired) electrons. The molecule has 36 heavy (non-hydrogen) atoms. The average molecular weight is 486 g/mol. The third-order valence-electron chi connectivity index (χ3n) is 6.00. The van der Waals surface area contributed by atoms with E-state index in [1.54, 1.807) is 20.2 Å². The summed E-state index contributed by atoms with van der Waals surface area (Å²) in [5, 5.41) is 24.9. The summed E-state index contributed by atoms with van der Waals surface area (Å²) >= 11 is 0. The molecule has 0 saturated heterocycles. The zero-order valence-corrected chi connectivity index (χ0v) is 20.5. The fourth-order valence-electron chi connectivity index (χ4n) is 4.23. The quantitative estimate of drug-likeness (QED) is 0.319. The van der Waals surface area contributed by atoms with Crippen molar-refractivity contribution in [3.05, 3.63) is 71.9 Å². The van der Waals surface area contributed by atoms with E-state index in [9.17, 15) is 5.11 Å². The number of anilines is 3. The van der Waals surface area contributed by atoms with Gasteiger partial charge in [-0.1, -0.05) is 36.4 Å². The second-order valence-corrected chi connectivity index (χ2v) is 8.99. The van der Waals surface area contributed by atoms with Gasteiger partial charge in [0.25, 0.3) is 5.89 Å². The van der Waals surface area contributed by atoms with Crippen LogP contribution in [-0.2, 0) is 14.9 Å². The lowest BCUT2D eigenvalue weighted by Crippen LogP contribution is -2.31. The van der Waals surface area contributed by atoms with Crippen LogP contribution in [0.25, 0.3) is 11.5 Å². The van der Waals surface area contributed by atoms with Gasteiger partial charge in [-0.05, 0) is 25.5 Å². The summed E-state index contributed by atoms with van der Waals surface area (Å²) in [4.78, 5) is 9.33. The van der Waals surface area contributed by atoms with Crippen LogP contribution in [0, 0.1) is 6.92 Å². The highest BCUT2D eigenvalue weighted by Crippen LogP contribution is 2.33. The Balaban J connectivity index is 1.49. The number of aliphatic hydroxyl groups is 1. The van der Waals surface area contributed by atoms with Gasteiger partial charge in [0, 0.05) is 31.8 Å². The van der Waals surface area contributed by atoms with Crippen LogP contribution in [0.4, 0.5) is 17.3 Å². The van der Waals surface area contributed by atoms with Crippen molar-refractivity contribution in [2.75, 3.05) is 24.4 Å². The smallest absolute Gasteiger partial charge is 0.421 e. The van der Waals surface area contributed by atoms with E-state index in [1.807, 2.05) is 62.4 Å². The molecule has 1 aromatic carbocycles. The standard InChI is InChI=1S/C25H27BN6O4/c1-15-31-32-24(35-15)17-13-27-22(12-19(17)28-20(14-33)16-8-6-5-7-9-16)29-21-11-10-18-23(30-21)25(2,3)36-26(18)34-4/h5-13,20,33H,14H2,1-4H3,(H2,27,28,29,30)/t20-/m1/s1. The molecule has 5 rings (SSSR count). The van der Waals surface area contributed by atoms with Crippen LogP contribution >= 0.6 is 0 Å². The Morgan fingerprint density at radius 1 is 1.11 bits per heavy atom. The van der Waals surface area contributed by atoms with E-state index in [2.05, 4.69) is 25.8 Å². The Bertz CT molecular complexity index is 1360. The molecule has 0 unspecified atom stereocenters. The summed E-state index contributed by atoms with van der Waals surface area (Å²) < 4.78 is 17.1. The third-order valence-corrected chi connectivity index (χ3v) is 6.00. The van der Waals surface area contributed by atoms with E-state index in [-0.39, 0.29) is 12.6 Å². The Kier molecular flexibility index (Phi) is 6.44. The second kappa shape index (κ2) is 9.69. The Morgan fingerprint density at radius 2 is 1.92 bits per heavy atom. The van der Waals surface area contributed by atoms with Crippen molar-refractivity contribution >= 4 is 29.9 Å². The molecule has 1 aliphatic rings. The maximum absolute atomic E-state index is 10.1. The number of aromatic nitrogens is 4. The predicted octanol–water partition coefficient (Wildman–Crippen LogP) is 3.33. The first-order chi connectivity index (χ1) is 17.4. The third kappa shape index (κ3) is 4.68. The minimum absolute atomic E-state index is 0.112. The molecule has 3 N–H and O–H groups in total. The molecule has 11 heteroatoms. The molecule has 0 bridgehead atoms. The molecule has 0 amide bonds. The first kappa shape index (κ1) is 23.9. The zero-order valence-electron chi connectivity index (χ0n) is 20.5. The molecule has 10 nitrogen and oxygen atoms in total. The largest absolute Gasteiger partial charge is 0.496 e. The number of rotatable bonds is 8. The second-order valence-electron chi connectivity index (χ2n) is 8.99. The first-order valence-electron chi connectivity index (χ1n) is 11.6. The lowest BCUT2D eigenvalue weighted by atomic mass is 9.80. The molecule has 4 aromatic rings. The van der Waals surface area contributed by atoms with Gasteiger partial charge in [0.05, 0.1) is 35.2 Å². The van der Waals surface area contributed by atoms with Crippen LogP contribution in [0.1, 0.15) is 37.0 Å². The van der Waals surface area contributed by atoms with Crippen LogP contribution < -0.4 is 16.1 Å². The van der Waals surface area contributed by atoms with Crippen molar-refractivity contribution in [1.29, 1.82) is 0 Å². The Labute approximate surface area is 209 Å². The van der Waals surface area contributed by atoms with Crippen molar-refractivity contribution < 1.29 is 18.8 Å². The minimum atomic E-state index is -0.586. The summed E-state index contributed by atoms with van der Waals surface area (Å²) in [7, 11) is 1.16. The number of pyridine rings is 2. The molecular formula is C25H27BN6O4. The van der Waals surface area contributed by atoms with Gasteiger partial charge in [0.2, 0.25) is 5.89 Å². The molecule has 3 aromatic heterocycles. The van der Waals surface area contributed by atoms with E-state index in [0.29, 0.717) is 34.7 Å². The van der Waals surface area contributed by atoms with Crippen LogP contribution in [0.5, 0.6) is 0 Å². The minimum Gasteiger partial charge on any atom is -0.421 e. The zero-order chi connectivity index (χ0) is 25.3. The van der Waals surface area contributed by atoms with Crippen molar-refractivity contribution in [2.45, 2.75) is 32.4 Å². The van der Waals surface area contributed by atoms with Gasteiger partial charge in [-0.25, -0.2) is 9.97 Å². The number of aryl methyl sites for hydroxylation is 1. The highest BCUT2D eigenvalue weighted by Gasteiger charge is 2.43. The molecule has 0 fully saturated rings. The molecule has 1 atom stereocenters. The predicted molar refractivity (Wildman–Crippen MR) is 136 cm³/mol. The highest BCUT2D eigenvalue weighted by molar-refractivity contribution is 6.63. The summed E-state index contributed by atoms with van der Waals surface area (Å²) in [5.41, 5.74) is 3.35. The highest BCUT2D eigenvalue weighted by atomic mass is 16.6. The van der Waals surface area contributed by atoms with E-state index >= 15 is 0 Å². The van der Waals surface area contributed by atoms with Crippen molar-refractivity contribution in [3.8, 4) is 11.5 Å². The van der Waals surface area contributed by atoms with E-state index in [4.69, 9.17) is 18.7 Å². The van der Waals surface area contributed by atoms with Crippen molar-refractivity contribution in [3.63, 3.8) is 0 Å². The number of aliphatic hydroxyl groups excluding tert-OH is 1. The monoisotopic (exact) mass is 486 g/mol. The lowest BCUT2D eigenvalue weighted by molar-refractivity contribution is 0.0895. The topological polar surface area (TPSA) is 127 Å². The van der Waals surface area contributed by atoms with Crippen molar-refractivity contribution in [2.24, 2.45) is 0 Å². The molecule has 0 spiro atoms. The average Bonchev–Trinajstić information content (AvgIpc) is 3.43. The van der Waals surface area contributed by atoms with Gasteiger partial charge >= 0.3 is 7.12 Å². The number of hydrogen-bond acceptors (Lipinski definition) is 10. The molecule has 1 aliphatic heterocycles. The molecule has 184 valence electrons. The molecular weight excluding hydrogens is 459 g/mol. The van der Waals surface area contributed by atoms with E-state index in [1.165, 1.54) is 0 Å². The molecule has 0 aliphatic carbocycles. The van der Waals surface area contributed by atoms with Crippen LogP contribution in [0.2, 0.25) is 0 Å². The Hall–Kier alpha value is -3.80. The molecule has 4 heterocycles. The summed E-state index contributed by atoms with van der Waals surface area (Å²) in [6.45, 7) is 5.54. The van der Waals surface area contributed by atoms with Gasteiger partial charge in [-0.2, -0.15) is 0 Å². The van der Waals surface area contributed by atoms with Crippen LogP contribution in [-0.4, -0.2) is 46.1 Å². The van der Waals surface area contributed by atoms with Gasteiger partial charge < -0.3 is 29.5 Å². The fourth-order valence-corrected chi connectivity index (χ4v) is 4.23. The molecule has 0 saturated carbocycles. The summed E-state index contributed by atoms with van der Waals surface area (Å²) in [6, 6.07) is 15.0. The van der Waals surface area contributed by atoms with Gasteiger partial charge in [-0.15, -0.1) is 10.2 Å². The lowest BCUT2D eigenvalue weighted by Gasteiger charge is -2.21. The number of nitrogens with one attached hydrogen (secondary N) is 2. The van der Waals surface area contributed by atoms with Crippen LogP contribution in [0.15, 0.2) is 59.1 Å². The van der Waals surface area contributed by atoms with E-state index < -0.39 is 12.7 Å². The van der Waals surface area contributed by atoms with Crippen molar-refractivity contribution in [1.82, 2.24) is 20.2 Å². The number of benzene rings is 1. The number of nitrogens with zero attached hydrogens (tertiary/aromatic N) is 4. The van der Waals surface area contributed by atoms with E-state index in [0.717, 1.165) is 16.7 Å². The maximum atomic E-state index is 10.1. The maximum Gasteiger partial charge on any atom is 0.496 e. The van der Waals surface area contributed by atoms with Gasteiger partial charge in [-0.3, -0.25) is 0 Å². The van der Waals surface area contributed by atoms with Gasteiger partial charge in [0.1, 0.15) is 11.6 Å². The fraction of sp³-hybridized carbons (Fsp3) is 0.280. The normalized spacial score (nSPS) is 15.0. The number of hydrogen-bond donors (Lipinski definition) is 3. The SMILES string of the molecule is COB1OC(C)(C)c2nc(Nc3cc(N[C@H](CO)c4ccccc4)c(-c4nnc(C)o4)cn3)ccc21.